The number of carbonyl (C=O) groups excluding carboxylic acids is 2. The predicted molar refractivity (Wildman–Crippen MR) is 104 cm³/mol. The van der Waals surface area contributed by atoms with Gasteiger partial charge in [-0.15, -0.1) is 0 Å². The van der Waals surface area contributed by atoms with Crippen LogP contribution in [0, 0.1) is 5.92 Å². The maximum Gasteiger partial charge on any atom is 0.227 e. The van der Waals surface area contributed by atoms with Gasteiger partial charge < -0.3 is 14.3 Å². The molecule has 0 N–H and O–H groups in total. The third kappa shape index (κ3) is 5.18. The molecule has 7 nitrogen and oxygen atoms in total. The SMILES string of the molecule is CCc1nc(CN(C)C(=O)C2CCC(=O)N(CCCc3ccccc3)C2)no1. The van der Waals surface area contributed by atoms with Gasteiger partial charge in [-0.3, -0.25) is 9.59 Å². The minimum absolute atomic E-state index is 0.0309. The number of carbonyl (C=O) groups is 2. The molecule has 0 bridgehead atoms. The molecule has 0 radical (unpaired) electrons. The Kier molecular flexibility index (Phi) is 6.79. The zero-order valence-corrected chi connectivity index (χ0v) is 16.6. The summed E-state index contributed by atoms with van der Waals surface area (Å²) in [6, 6.07) is 10.3. The molecule has 2 aromatic rings. The van der Waals surface area contributed by atoms with Crippen molar-refractivity contribution < 1.29 is 14.1 Å². The summed E-state index contributed by atoms with van der Waals surface area (Å²) in [7, 11) is 1.75. The zero-order chi connectivity index (χ0) is 19.9. The van der Waals surface area contributed by atoms with Crippen molar-refractivity contribution in [3.63, 3.8) is 0 Å². The molecule has 0 saturated carbocycles. The molecule has 150 valence electrons. The summed E-state index contributed by atoms with van der Waals surface area (Å²) < 4.78 is 5.10. The number of rotatable bonds is 8. The third-order valence-electron chi connectivity index (χ3n) is 5.15. The Morgan fingerprint density at radius 1 is 1.32 bits per heavy atom. The molecule has 0 spiro atoms. The summed E-state index contributed by atoms with van der Waals surface area (Å²) in [6.07, 6.45) is 3.53. The molecule has 1 aliphatic heterocycles. The lowest BCUT2D eigenvalue weighted by Crippen LogP contribution is -2.46. The van der Waals surface area contributed by atoms with Crippen LogP contribution in [-0.4, -0.2) is 51.9 Å². The van der Waals surface area contributed by atoms with Crippen LogP contribution < -0.4 is 0 Å². The van der Waals surface area contributed by atoms with E-state index in [0.29, 0.717) is 50.6 Å². The fraction of sp³-hybridized carbons (Fsp3) is 0.524. The summed E-state index contributed by atoms with van der Waals surface area (Å²) in [5.74, 6) is 1.09. The topological polar surface area (TPSA) is 79.5 Å². The highest BCUT2D eigenvalue weighted by atomic mass is 16.5. The number of piperidine rings is 1. The average Bonchev–Trinajstić information content (AvgIpc) is 3.17. The van der Waals surface area contributed by atoms with Crippen LogP contribution in [-0.2, 0) is 29.0 Å². The van der Waals surface area contributed by atoms with E-state index in [1.165, 1.54) is 5.56 Å². The molecule has 1 saturated heterocycles. The van der Waals surface area contributed by atoms with Crippen molar-refractivity contribution in [2.24, 2.45) is 5.92 Å². The van der Waals surface area contributed by atoms with E-state index in [-0.39, 0.29) is 17.7 Å². The Bertz CT molecular complexity index is 790. The fourth-order valence-electron chi connectivity index (χ4n) is 3.55. The standard InChI is InChI=1S/C21H28N4O3/c1-3-19-22-18(23-28-19)15-24(2)21(27)17-11-12-20(26)25(14-17)13-7-10-16-8-5-4-6-9-16/h4-6,8-9,17H,3,7,10-15H2,1-2H3. The van der Waals surface area contributed by atoms with Gasteiger partial charge in [-0.05, 0) is 24.8 Å². The van der Waals surface area contributed by atoms with Gasteiger partial charge in [0, 0.05) is 33.0 Å². The van der Waals surface area contributed by atoms with Crippen LogP contribution in [0.2, 0.25) is 0 Å². The second-order valence-corrected chi connectivity index (χ2v) is 7.32. The molecule has 0 aliphatic carbocycles. The Morgan fingerprint density at radius 3 is 2.82 bits per heavy atom. The highest BCUT2D eigenvalue weighted by Gasteiger charge is 2.31. The fourth-order valence-corrected chi connectivity index (χ4v) is 3.55. The Balaban J connectivity index is 1.50. The average molecular weight is 384 g/mol. The van der Waals surface area contributed by atoms with E-state index >= 15 is 0 Å². The number of aryl methyl sites for hydroxylation is 2. The highest BCUT2D eigenvalue weighted by Crippen LogP contribution is 2.21. The minimum atomic E-state index is -0.169. The first-order chi connectivity index (χ1) is 13.6. The van der Waals surface area contributed by atoms with Crippen molar-refractivity contribution in [2.45, 2.75) is 45.6 Å². The number of likely N-dealkylation sites (tertiary alicyclic amines) is 1. The summed E-state index contributed by atoms with van der Waals surface area (Å²) in [6.45, 7) is 3.44. The molecule has 2 heterocycles. The number of benzene rings is 1. The normalized spacial score (nSPS) is 17.0. The van der Waals surface area contributed by atoms with Gasteiger partial charge >= 0.3 is 0 Å². The van der Waals surface area contributed by atoms with Gasteiger partial charge in [0.15, 0.2) is 5.82 Å². The summed E-state index contributed by atoms with van der Waals surface area (Å²) >= 11 is 0. The van der Waals surface area contributed by atoms with Gasteiger partial charge in [0.1, 0.15) is 0 Å². The monoisotopic (exact) mass is 384 g/mol. The van der Waals surface area contributed by atoms with Crippen LogP contribution in [0.3, 0.4) is 0 Å². The van der Waals surface area contributed by atoms with Crippen molar-refractivity contribution in [1.82, 2.24) is 19.9 Å². The molecule has 3 rings (SSSR count). The van der Waals surface area contributed by atoms with Gasteiger partial charge in [0.25, 0.3) is 0 Å². The van der Waals surface area contributed by atoms with E-state index in [0.717, 1.165) is 12.8 Å². The van der Waals surface area contributed by atoms with E-state index < -0.39 is 0 Å². The van der Waals surface area contributed by atoms with Crippen molar-refractivity contribution in [2.75, 3.05) is 20.1 Å². The van der Waals surface area contributed by atoms with Gasteiger partial charge in [0.2, 0.25) is 17.7 Å². The van der Waals surface area contributed by atoms with Crippen LogP contribution in [0.25, 0.3) is 0 Å². The van der Waals surface area contributed by atoms with Crippen LogP contribution >= 0.6 is 0 Å². The maximum absolute atomic E-state index is 12.8. The second-order valence-electron chi connectivity index (χ2n) is 7.32. The van der Waals surface area contributed by atoms with E-state index in [1.807, 2.05) is 30.0 Å². The minimum Gasteiger partial charge on any atom is -0.342 e. The van der Waals surface area contributed by atoms with Crippen molar-refractivity contribution in [1.29, 1.82) is 0 Å². The summed E-state index contributed by atoms with van der Waals surface area (Å²) in [5, 5.41) is 3.91. The summed E-state index contributed by atoms with van der Waals surface area (Å²) in [5.41, 5.74) is 1.27. The first-order valence-electron chi connectivity index (χ1n) is 9.95. The lowest BCUT2D eigenvalue weighted by molar-refractivity contribution is -0.142. The van der Waals surface area contributed by atoms with Crippen LogP contribution in [0.4, 0.5) is 0 Å². The molecule has 1 atom stereocenters. The molecule has 1 aromatic carbocycles. The van der Waals surface area contributed by atoms with Crippen molar-refractivity contribution in [3.8, 4) is 0 Å². The molecular formula is C21H28N4O3. The Morgan fingerprint density at radius 2 is 2.11 bits per heavy atom. The number of hydrogen-bond acceptors (Lipinski definition) is 5. The number of nitrogens with zero attached hydrogens (tertiary/aromatic N) is 4. The van der Waals surface area contributed by atoms with Crippen LogP contribution in [0.1, 0.15) is 43.5 Å². The summed E-state index contributed by atoms with van der Waals surface area (Å²) in [4.78, 5) is 32.8. The molecular weight excluding hydrogens is 356 g/mol. The molecule has 2 amide bonds. The van der Waals surface area contributed by atoms with Gasteiger partial charge in [-0.1, -0.05) is 42.4 Å². The van der Waals surface area contributed by atoms with E-state index in [9.17, 15) is 9.59 Å². The van der Waals surface area contributed by atoms with Gasteiger partial charge in [-0.2, -0.15) is 4.98 Å². The second kappa shape index (κ2) is 9.48. The van der Waals surface area contributed by atoms with E-state index in [1.54, 1.807) is 11.9 Å². The van der Waals surface area contributed by atoms with Gasteiger partial charge in [0.05, 0.1) is 12.5 Å². The van der Waals surface area contributed by atoms with Gasteiger partial charge in [-0.25, -0.2) is 0 Å². The Labute approximate surface area is 165 Å². The first-order valence-corrected chi connectivity index (χ1v) is 9.95. The molecule has 1 unspecified atom stereocenters. The lowest BCUT2D eigenvalue weighted by atomic mass is 9.95. The number of amides is 2. The van der Waals surface area contributed by atoms with Crippen LogP contribution in [0.15, 0.2) is 34.9 Å². The molecule has 28 heavy (non-hydrogen) atoms. The van der Waals surface area contributed by atoms with Crippen molar-refractivity contribution >= 4 is 11.8 Å². The smallest absolute Gasteiger partial charge is 0.227 e. The maximum atomic E-state index is 12.8. The zero-order valence-electron chi connectivity index (χ0n) is 16.6. The number of aromatic nitrogens is 2. The first kappa shape index (κ1) is 20.0. The lowest BCUT2D eigenvalue weighted by Gasteiger charge is -2.33. The largest absolute Gasteiger partial charge is 0.342 e. The highest BCUT2D eigenvalue weighted by molar-refractivity contribution is 5.83. The molecule has 7 heteroatoms. The molecule has 1 aromatic heterocycles. The van der Waals surface area contributed by atoms with Crippen LogP contribution in [0.5, 0.6) is 0 Å². The quantitative estimate of drug-likeness (QED) is 0.698. The third-order valence-corrected chi connectivity index (χ3v) is 5.15. The molecule has 1 aliphatic rings. The predicted octanol–water partition coefficient (Wildman–Crippen LogP) is 2.46. The van der Waals surface area contributed by atoms with E-state index in [2.05, 4.69) is 22.3 Å². The van der Waals surface area contributed by atoms with E-state index in [4.69, 9.17) is 4.52 Å². The Hall–Kier alpha value is -2.70. The number of hydrogen-bond donors (Lipinski definition) is 0. The van der Waals surface area contributed by atoms with Crippen molar-refractivity contribution in [3.05, 3.63) is 47.6 Å². The molecule has 1 fully saturated rings.